The smallest absolute Gasteiger partial charge is 0.189 e. The number of thioether (sulfide) groups is 1. The molecule has 0 bridgehead atoms. The molecule has 0 saturated heterocycles. The van der Waals surface area contributed by atoms with Crippen molar-refractivity contribution in [2.75, 3.05) is 12.8 Å². The summed E-state index contributed by atoms with van der Waals surface area (Å²) in [6.45, 7) is 0. The summed E-state index contributed by atoms with van der Waals surface area (Å²) >= 11 is 3.01. The number of nitriles is 1. The molecule has 0 atom stereocenters. The molecule has 0 radical (unpaired) electrons. The number of aromatic nitrogens is 3. The molecule has 3 aromatic rings. The highest BCUT2D eigenvalue weighted by Crippen LogP contribution is 2.29. The molecule has 2 aromatic heterocycles. The van der Waals surface area contributed by atoms with Crippen molar-refractivity contribution in [1.82, 2.24) is 15.0 Å². The Morgan fingerprint density at radius 1 is 1.38 bits per heavy atom. The third-order valence-corrected chi connectivity index (χ3v) is 4.97. The average Bonchev–Trinajstić information content (AvgIpc) is 3.09. The summed E-state index contributed by atoms with van der Waals surface area (Å²) in [5.41, 5.74) is 7.94. The standard InChI is InChI=1S/C16H13N5OS2/c1-22-13-4-2-3-10(5-13)15-20-12(8-23-15)9-24-16-19-7-11(6-17)14(18)21-16/h2-5,7-8H,9H2,1H3,(H2,18,19,21). The Kier molecular flexibility index (Phi) is 4.93. The van der Waals surface area contributed by atoms with Crippen LogP contribution in [0.1, 0.15) is 11.3 Å². The normalized spacial score (nSPS) is 10.3. The van der Waals surface area contributed by atoms with E-state index < -0.39 is 0 Å². The highest BCUT2D eigenvalue weighted by Gasteiger charge is 2.08. The maximum absolute atomic E-state index is 8.83. The third kappa shape index (κ3) is 3.64. The number of hydrogen-bond acceptors (Lipinski definition) is 8. The molecule has 8 heteroatoms. The number of ether oxygens (including phenoxy) is 1. The molecular formula is C16H13N5OS2. The van der Waals surface area contributed by atoms with Gasteiger partial charge in [0.05, 0.1) is 19.0 Å². The van der Waals surface area contributed by atoms with Gasteiger partial charge in [0.2, 0.25) is 0 Å². The molecule has 3 rings (SSSR count). The van der Waals surface area contributed by atoms with Crippen LogP contribution in [0, 0.1) is 11.3 Å². The number of rotatable bonds is 5. The summed E-state index contributed by atoms with van der Waals surface area (Å²) in [6, 6.07) is 9.75. The molecule has 0 spiro atoms. The van der Waals surface area contributed by atoms with Crippen molar-refractivity contribution in [3.05, 3.63) is 47.1 Å². The van der Waals surface area contributed by atoms with Gasteiger partial charge in [0.1, 0.15) is 28.2 Å². The maximum atomic E-state index is 8.83. The van der Waals surface area contributed by atoms with Gasteiger partial charge in [-0.2, -0.15) is 5.26 Å². The van der Waals surface area contributed by atoms with Crippen LogP contribution in [0.15, 0.2) is 41.0 Å². The van der Waals surface area contributed by atoms with Crippen molar-refractivity contribution in [1.29, 1.82) is 5.26 Å². The van der Waals surface area contributed by atoms with E-state index in [2.05, 4.69) is 15.0 Å². The molecule has 0 saturated carbocycles. The zero-order valence-corrected chi connectivity index (χ0v) is 14.4. The zero-order valence-electron chi connectivity index (χ0n) is 12.8. The Morgan fingerprint density at radius 2 is 2.25 bits per heavy atom. The van der Waals surface area contributed by atoms with E-state index >= 15 is 0 Å². The summed E-state index contributed by atoms with van der Waals surface area (Å²) in [5.74, 6) is 1.64. The molecular weight excluding hydrogens is 342 g/mol. The van der Waals surface area contributed by atoms with Gasteiger partial charge >= 0.3 is 0 Å². The van der Waals surface area contributed by atoms with Gasteiger partial charge in [-0.1, -0.05) is 23.9 Å². The number of anilines is 1. The van der Waals surface area contributed by atoms with E-state index in [9.17, 15) is 0 Å². The quantitative estimate of drug-likeness (QED) is 0.553. The number of thiazole rings is 1. The monoisotopic (exact) mass is 355 g/mol. The first kappa shape index (κ1) is 16.2. The third-order valence-electron chi connectivity index (χ3n) is 3.13. The summed E-state index contributed by atoms with van der Waals surface area (Å²) in [7, 11) is 1.65. The van der Waals surface area contributed by atoms with Gasteiger partial charge in [0.25, 0.3) is 0 Å². The van der Waals surface area contributed by atoms with Gasteiger partial charge in [0, 0.05) is 16.7 Å². The van der Waals surface area contributed by atoms with E-state index in [1.807, 2.05) is 35.7 Å². The summed E-state index contributed by atoms with van der Waals surface area (Å²) in [4.78, 5) is 12.9. The lowest BCUT2D eigenvalue weighted by molar-refractivity contribution is 0.415. The molecule has 120 valence electrons. The molecule has 0 amide bonds. The highest BCUT2D eigenvalue weighted by molar-refractivity contribution is 7.98. The van der Waals surface area contributed by atoms with E-state index in [4.69, 9.17) is 15.7 Å². The van der Waals surface area contributed by atoms with Crippen LogP contribution in [-0.4, -0.2) is 22.1 Å². The number of methoxy groups -OCH3 is 1. The molecule has 0 unspecified atom stereocenters. The molecule has 0 aliphatic rings. The van der Waals surface area contributed by atoms with Crippen LogP contribution >= 0.6 is 23.1 Å². The topological polar surface area (TPSA) is 97.7 Å². The van der Waals surface area contributed by atoms with Crippen LogP contribution in [0.2, 0.25) is 0 Å². The second-order valence-electron chi connectivity index (χ2n) is 4.73. The van der Waals surface area contributed by atoms with Gasteiger partial charge in [-0.3, -0.25) is 0 Å². The zero-order chi connectivity index (χ0) is 16.9. The SMILES string of the molecule is COc1cccc(-c2nc(CSc3ncc(C#N)c(N)n3)cs2)c1. The van der Waals surface area contributed by atoms with Crippen LogP contribution in [0.4, 0.5) is 5.82 Å². The predicted octanol–water partition coefficient (Wildman–Crippen LogP) is 3.35. The predicted molar refractivity (Wildman–Crippen MR) is 94.8 cm³/mol. The molecule has 0 aliphatic heterocycles. The first-order chi connectivity index (χ1) is 11.7. The van der Waals surface area contributed by atoms with E-state index in [1.165, 1.54) is 18.0 Å². The van der Waals surface area contributed by atoms with E-state index in [-0.39, 0.29) is 11.4 Å². The molecule has 6 nitrogen and oxygen atoms in total. The van der Waals surface area contributed by atoms with Crippen molar-refractivity contribution in [2.45, 2.75) is 10.9 Å². The lowest BCUT2D eigenvalue weighted by Gasteiger charge is -2.01. The largest absolute Gasteiger partial charge is 0.497 e. The molecule has 2 N–H and O–H groups in total. The Balaban J connectivity index is 1.70. The first-order valence-corrected chi connectivity index (χ1v) is 8.80. The second-order valence-corrected chi connectivity index (χ2v) is 6.53. The molecule has 0 aliphatic carbocycles. The minimum absolute atomic E-state index is 0.199. The van der Waals surface area contributed by atoms with Crippen molar-refractivity contribution >= 4 is 28.9 Å². The Morgan fingerprint density at radius 3 is 3.00 bits per heavy atom. The van der Waals surface area contributed by atoms with Crippen LogP contribution in [0.3, 0.4) is 0 Å². The molecule has 24 heavy (non-hydrogen) atoms. The Bertz CT molecular complexity index is 903. The second kappa shape index (κ2) is 7.29. The minimum Gasteiger partial charge on any atom is -0.497 e. The van der Waals surface area contributed by atoms with E-state index in [0.29, 0.717) is 10.9 Å². The number of hydrogen-bond donors (Lipinski definition) is 1. The maximum Gasteiger partial charge on any atom is 0.189 e. The average molecular weight is 355 g/mol. The van der Waals surface area contributed by atoms with Crippen molar-refractivity contribution in [3.8, 4) is 22.4 Å². The Hall–Kier alpha value is -2.63. The van der Waals surface area contributed by atoms with Crippen LogP contribution in [0.5, 0.6) is 5.75 Å². The highest BCUT2D eigenvalue weighted by atomic mass is 32.2. The lowest BCUT2D eigenvalue weighted by atomic mass is 10.2. The van der Waals surface area contributed by atoms with Crippen molar-refractivity contribution < 1.29 is 4.74 Å². The van der Waals surface area contributed by atoms with Gasteiger partial charge in [0.15, 0.2) is 5.16 Å². The van der Waals surface area contributed by atoms with E-state index in [1.54, 1.807) is 18.4 Å². The van der Waals surface area contributed by atoms with Crippen LogP contribution in [-0.2, 0) is 5.75 Å². The Labute approximate surface area is 147 Å². The van der Waals surface area contributed by atoms with Crippen LogP contribution in [0.25, 0.3) is 10.6 Å². The summed E-state index contributed by atoms with van der Waals surface area (Å²) in [5, 5.41) is 12.3. The van der Waals surface area contributed by atoms with Gasteiger partial charge in [-0.25, -0.2) is 15.0 Å². The lowest BCUT2D eigenvalue weighted by Crippen LogP contribution is -1.98. The molecule has 1 aromatic carbocycles. The van der Waals surface area contributed by atoms with Gasteiger partial charge in [-0.05, 0) is 12.1 Å². The number of nitrogens with two attached hydrogens (primary N) is 1. The summed E-state index contributed by atoms with van der Waals surface area (Å²) < 4.78 is 5.24. The molecule has 0 fully saturated rings. The number of benzene rings is 1. The number of nitrogens with zero attached hydrogens (tertiary/aromatic N) is 4. The molecule has 2 heterocycles. The minimum atomic E-state index is 0.199. The fourth-order valence-corrected chi connectivity index (χ4v) is 3.57. The van der Waals surface area contributed by atoms with Gasteiger partial charge < -0.3 is 10.5 Å². The van der Waals surface area contributed by atoms with Crippen molar-refractivity contribution in [2.24, 2.45) is 0 Å². The fourth-order valence-electron chi connectivity index (χ4n) is 1.93. The fraction of sp³-hybridized carbons (Fsp3) is 0.125. The van der Waals surface area contributed by atoms with Crippen molar-refractivity contribution in [3.63, 3.8) is 0 Å². The number of nitrogen functional groups attached to an aromatic ring is 1. The van der Waals surface area contributed by atoms with E-state index in [0.717, 1.165) is 22.0 Å². The summed E-state index contributed by atoms with van der Waals surface area (Å²) in [6.07, 6.45) is 1.44. The first-order valence-electron chi connectivity index (χ1n) is 6.94. The van der Waals surface area contributed by atoms with Gasteiger partial charge in [-0.15, -0.1) is 11.3 Å². The van der Waals surface area contributed by atoms with Crippen LogP contribution < -0.4 is 10.5 Å².